The van der Waals surface area contributed by atoms with Crippen molar-refractivity contribution in [2.75, 3.05) is 90.8 Å². The predicted molar refractivity (Wildman–Crippen MR) is 365 cm³/mol. The molecule has 6 aliphatic rings. The maximum atomic E-state index is 10.2. The van der Waals surface area contributed by atoms with Crippen LogP contribution in [0, 0.1) is 20.8 Å². The highest BCUT2D eigenvalue weighted by Gasteiger charge is 2.31. The summed E-state index contributed by atoms with van der Waals surface area (Å²) in [6, 6.07) is 14.2. The maximum absolute atomic E-state index is 10.2. The van der Waals surface area contributed by atoms with Gasteiger partial charge in [0.05, 0.1) is 96.6 Å². The molecular weight excluding hydrogens is 1200 g/mol. The van der Waals surface area contributed by atoms with Crippen molar-refractivity contribution < 1.29 is 24.1 Å². The summed E-state index contributed by atoms with van der Waals surface area (Å²) in [5.74, 6) is 3.48. The van der Waals surface area contributed by atoms with Crippen LogP contribution in [0.3, 0.4) is 0 Å². The molecule has 24 nitrogen and oxygen atoms in total. The fraction of sp³-hybridized carbons (Fsp3) is 0.451. The van der Waals surface area contributed by atoms with Crippen molar-refractivity contribution in [1.29, 1.82) is 0 Å². The van der Waals surface area contributed by atoms with E-state index in [0.29, 0.717) is 41.1 Å². The van der Waals surface area contributed by atoms with Crippen molar-refractivity contribution in [3.05, 3.63) is 142 Å². The molecule has 0 amide bonds. The Morgan fingerprint density at radius 1 is 0.505 bits per heavy atom. The summed E-state index contributed by atoms with van der Waals surface area (Å²) >= 11 is 0. The van der Waals surface area contributed by atoms with Gasteiger partial charge in [-0.3, -0.25) is 18.9 Å². The lowest BCUT2D eigenvalue weighted by Crippen LogP contribution is -2.47. The van der Waals surface area contributed by atoms with Crippen LogP contribution in [0.4, 0.5) is 17.5 Å². The Bertz CT molecular complexity index is 4200. The Balaban J connectivity index is 0.000000129. The summed E-state index contributed by atoms with van der Waals surface area (Å²) in [4.78, 5) is 36.5. The Morgan fingerprint density at radius 3 is 1.21 bits per heavy atom. The van der Waals surface area contributed by atoms with Crippen LogP contribution in [0.15, 0.2) is 92.2 Å². The molecule has 1 aliphatic carbocycles. The second-order valence-electron chi connectivity index (χ2n) is 26.9. The molecule has 9 aromatic rings. The molecule has 11 heterocycles. The van der Waals surface area contributed by atoms with Gasteiger partial charge >= 0.3 is 0 Å². The quantitative estimate of drug-likeness (QED) is 0.0835. The number of ether oxygens (including phenoxy) is 4. The zero-order valence-electron chi connectivity index (χ0n) is 56.0. The van der Waals surface area contributed by atoms with Crippen LogP contribution in [0.25, 0.3) is 33.8 Å². The van der Waals surface area contributed by atoms with Crippen molar-refractivity contribution in [1.82, 2.24) is 78.8 Å². The molecule has 15 rings (SSSR count). The van der Waals surface area contributed by atoms with E-state index >= 15 is 0 Å². The van der Waals surface area contributed by atoms with E-state index in [-0.39, 0.29) is 29.4 Å². The summed E-state index contributed by atoms with van der Waals surface area (Å²) in [6.45, 7) is 21.3. The average Bonchev–Trinajstić information content (AvgIpc) is 1.86. The lowest BCUT2D eigenvalue weighted by atomic mass is 9.84. The Kier molecular flexibility index (Phi) is 19.0. The van der Waals surface area contributed by atoms with Gasteiger partial charge in [0.25, 0.3) is 17.6 Å². The van der Waals surface area contributed by atoms with E-state index < -0.39 is 5.60 Å². The molecule has 6 aromatic heterocycles. The third-order valence-electron chi connectivity index (χ3n) is 19.5. The maximum Gasteiger partial charge on any atom is 0.263 e. The van der Waals surface area contributed by atoms with Gasteiger partial charge < -0.3 is 56.0 Å². The Labute approximate surface area is 555 Å². The van der Waals surface area contributed by atoms with Crippen LogP contribution in [-0.4, -0.2) is 163 Å². The summed E-state index contributed by atoms with van der Waals surface area (Å²) in [5.41, 5.74) is 35.2. The van der Waals surface area contributed by atoms with Gasteiger partial charge in [-0.25, -0.2) is 29.9 Å². The molecule has 95 heavy (non-hydrogen) atoms. The Morgan fingerprint density at radius 2 is 0.853 bits per heavy atom. The molecular formula is C71H89N19O5. The molecule has 0 unspecified atom stereocenters. The standard InChI is InChI=1S/C25H32N6O2.C23H29N7O.C23H28N6O2/c1-16-10-17(11-18-14-30(3)9-6-21(16)18)22-13-27-23(26)24(29-22)33-20-12-28-31(15-20)19-4-7-25(2,32)8-5-19;1-4-29-12-18(13-29)30-14-19(9-26-30)31-23-22(24)25-10-21(27-23)16-7-15(2)20-5-6-28(3)11-17(20)8-16;1-15-9-16(10-17-13-28(2)6-3-20(15)17)21-12-25-22(24)23(27-21)31-19-11-26-29(14-19)18-4-7-30-8-5-18/h10-13,15,19,32H,4-9,14H2,1-3H3,(H2,26,27);7-10,14,18H,4-6,11-13H2,1-3H3,(H2,24,25);9-12,14,18H,3-8,13H2,1-2H3,(H2,24,25). The molecule has 5 aliphatic heterocycles. The minimum absolute atomic E-state index is 0.245. The summed E-state index contributed by atoms with van der Waals surface area (Å²) in [5, 5.41) is 23.6. The highest BCUT2D eigenvalue weighted by Crippen LogP contribution is 2.38. The molecule has 0 radical (unpaired) electrons. The highest BCUT2D eigenvalue weighted by molar-refractivity contribution is 5.67. The molecule has 3 aromatic carbocycles. The van der Waals surface area contributed by atoms with Crippen molar-refractivity contribution in [3.63, 3.8) is 0 Å². The lowest BCUT2D eigenvalue weighted by Gasteiger charge is -2.38. The van der Waals surface area contributed by atoms with Crippen LogP contribution in [-0.2, 0) is 43.6 Å². The molecule has 2 saturated heterocycles. The molecule has 498 valence electrons. The van der Waals surface area contributed by atoms with Crippen molar-refractivity contribution in [2.24, 2.45) is 0 Å². The zero-order chi connectivity index (χ0) is 66.1. The van der Waals surface area contributed by atoms with E-state index in [0.717, 1.165) is 164 Å². The first-order valence-electron chi connectivity index (χ1n) is 33.3. The van der Waals surface area contributed by atoms with Gasteiger partial charge in [-0.15, -0.1) is 0 Å². The normalized spacial score (nSPS) is 19.5. The number of aryl methyl sites for hydroxylation is 3. The number of nitrogens with zero attached hydrogens (tertiary/aromatic N) is 16. The third kappa shape index (κ3) is 15.0. The number of hydrogen-bond donors (Lipinski definition) is 4. The van der Waals surface area contributed by atoms with Gasteiger partial charge in [0.2, 0.25) is 0 Å². The van der Waals surface area contributed by atoms with E-state index in [1.165, 1.54) is 50.1 Å². The summed E-state index contributed by atoms with van der Waals surface area (Å²) in [7, 11) is 6.46. The van der Waals surface area contributed by atoms with Gasteiger partial charge in [0.15, 0.2) is 34.7 Å². The number of aliphatic hydroxyl groups is 1. The number of likely N-dealkylation sites (N-methyl/N-ethyl adjacent to an activating group) is 4. The van der Waals surface area contributed by atoms with Crippen molar-refractivity contribution >= 4 is 17.5 Å². The Hall–Kier alpha value is -8.91. The lowest BCUT2D eigenvalue weighted by molar-refractivity contribution is 0.00849. The highest BCUT2D eigenvalue weighted by atomic mass is 16.5. The topological polar surface area (TPSA) is 279 Å². The number of nitrogen functional groups attached to an aromatic ring is 3. The van der Waals surface area contributed by atoms with E-state index in [4.69, 9.17) is 46.1 Å². The van der Waals surface area contributed by atoms with Crippen LogP contribution in [0.2, 0.25) is 0 Å². The van der Waals surface area contributed by atoms with E-state index in [1.54, 1.807) is 37.2 Å². The number of anilines is 3. The SMILES string of the molecule is CCN1CC(n2cc(Oc3nc(-c4cc(C)c5c(c4)CN(C)CC5)cnc3N)cn2)C1.Cc1cc(-c2cnc(N)c(Oc3cnn(C4CCC(C)(O)CC4)c3)n2)cc2c1CCN(C)C2.Cc1cc(-c2cnc(N)c(Oc3cnn(C4CCOCC4)c3)n2)cc2c1CCN(C)C2. The first kappa shape index (κ1) is 64.8. The molecule has 0 spiro atoms. The molecule has 0 bridgehead atoms. The van der Waals surface area contributed by atoms with E-state index in [9.17, 15) is 5.11 Å². The first-order valence-corrected chi connectivity index (χ1v) is 33.3. The van der Waals surface area contributed by atoms with Gasteiger partial charge in [-0.2, -0.15) is 15.3 Å². The fourth-order valence-corrected chi connectivity index (χ4v) is 13.9. The van der Waals surface area contributed by atoms with Crippen LogP contribution >= 0.6 is 0 Å². The predicted octanol–water partition coefficient (Wildman–Crippen LogP) is 10.1. The number of rotatable bonds is 13. The van der Waals surface area contributed by atoms with Gasteiger partial charge in [0, 0.05) is 82.3 Å². The second-order valence-corrected chi connectivity index (χ2v) is 26.9. The monoisotopic (exact) mass is 1290 g/mol. The number of fused-ring (bicyclic) bond motifs is 3. The zero-order valence-corrected chi connectivity index (χ0v) is 56.0. The van der Waals surface area contributed by atoms with Gasteiger partial charge in [-0.1, -0.05) is 6.92 Å². The van der Waals surface area contributed by atoms with Crippen LogP contribution in [0.1, 0.15) is 121 Å². The fourth-order valence-electron chi connectivity index (χ4n) is 13.9. The summed E-state index contributed by atoms with van der Waals surface area (Å²) in [6.07, 6.45) is 24.3. The van der Waals surface area contributed by atoms with E-state index in [1.807, 2.05) is 39.6 Å². The number of hydrogen-bond acceptors (Lipinski definition) is 21. The van der Waals surface area contributed by atoms with Crippen molar-refractivity contribution in [3.8, 4) is 68.7 Å². The van der Waals surface area contributed by atoms with Gasteiger partial charge in [0.1, 0.15) is 0 Å². The number of benzene rings is 3. The van der Waals surface area contributed by atoms with Gasteiger partial charge in [-0.05, 0) is 200 Å². The molecule has 24 heteroatoms. The molecule has 7 N–H and O–H groups in total. The van der Waals surface area contributed by atoms with Crippen molar-refractivity contribution in [2.45, 2.75) is 136 Å². The molecule has 3 fully saturated rings. The largest absolute Gasteiger partial charge is 0.433 e. The average molecular weight is 1290 g/mol. The molecule has 1 saturated carbocycles. The van der Waals surface area contributed by atoms with Crippen LogP contribution in [0.5, 0.6) is 34.9 Å². The number of likely N-dealkylation sites (tertiary alicyclic amines) is 1. The smallest absolute Gasteiger partial charge is 0.263 e. The number of nitrogens with two attached hydrogens (primary N) is 3. The van der Waals surface area contributed by atoms with E-state index in [2.05, 4.69) is 140 Å². The number of aromatic nitrogens is 12. The van der Waals surface area contributed by atoms with Crippen LogP contribution < -0.4 is 31.4 Å². The minimum Gasteiger partial charge on any atom is -0.433 e. The second kappa shape index (κ2) is 27.8. The molecule has 0 atom stereocenters. The third-order valence-corrected chi connectivity index (χ3v) is 19.5. The first-order chi connectivity index (χ1) is 45.8. The minimum atomic E-state index is -0.572. The summed E-state index contributed by atoms with van der Waals surface area (Å²) < 4.78 is 29.2.